The number of carbonyl (C=O) groups is 1. The highest BCUT2D eigenvalue weighted by molar-refractivity contribution is 5.99. The molecule has 2 N–H and O–H groups in total. The zero-order valence-electron chi connectivity index (χ0n) is 14.0. The molecule has 0 spiro atoms. The van der Waals surface area contributed by atoms with Crippen molar-refractivity contribution in [3.8, 4) is 0 Å². The molecular weight excluding hydrogens is 312 g/mol. The van der Waals surface area contributed by atoms with Crippen LogP contribution in [0.4, 0.5) is 5.69 Å². The molecular formula is C20H20N4O. The summed E-state index contributed by atoms with van der Waals surface area (Å²) < 4.78 is 0. The second kappa shape index (κ2) is 8.06. The number of pyridine rings is 2. The Morgan fingerprint density at radius 2 is 1.80 bits per heavy atom. The summed E-state index contributed by atoms with van der Waals surface area (Å²) >= 11 is 0. The molecule has 0 saturated heterocycles. The zero-order valence-corrected chi connectivity index (χ0v) is 14.0. The molecule has 1 aromatic carbocycles. The Morgan fingerprint density at radius 1 is 1.00 bits per heavy atom. The van der Waals surface area contributed by atoms with Gasteiger partial charge in [-0.25, -0.2) is 0 Å². The molecule has 1 amide bonds. The molecule has 1 unspecified atom stereocenters. The maximum atomic E-state index is 12.7. The van der Waals surface area contributed by atoms with Crippen molar-refractivity contribution in [3.05, 3.63) is 90.0 Å². The SMILES string of the molecule is CC(NC(=O)c1ccccc1NCc1cccnc1)c1ccncc1. The molecule has 126 valence electrons. The van der Waals surface area contributed by atoms with E-state index in [0.717, 1.165) is 16.8 Å². The summed E-state index contributed by atoms with van der Waals surface area (Å²) in [7, 11) is 0. The minimum atomic E-state index is -0.112. The highest BCUT2D eigenvalue weighted by Gasteiger charge is 2.14. The maximum absolute atomic E-state index is 12.7. The van der Waals surface area contributed by atoms with Gasteiger partial charge in [0.1, 0.15) is 0 Å². The van der Waals surface area contributed by atoms with Crippen molar-refractivity contribution < 1.29 is 4.79 Å². The van der Waals surface area contributed by atoms with Crippen molar-refractivity contribution in [1.29, 1.82) is 0 Å². The van der Waals surface area contributed by atoms with Gasteiger partial charge in [0, 0.05) is 37.0 Å². The smallest absolute Gasteiger partial charge is 0.253 e. The molecule has 0 bridgehead atoms. The fourth-order valence-corrected chi connectivity index (χ4v) is 2.55. The van der Waals surface area contributed by atoms with Crippen molar-refractivity contribution >= 4 is 11.6 Å². The first-order valence-corrected chi connectivity index (χ1v) is 8.16. The van der Waals surface area contributed by atoms with Crippen molar-refractivity contribution in [2.75, 3.05) is 5.32 Å². The van der Waals surface area contributed by atoms with Crippen molar-refractivity contribution in [1.82, 2.24) is 15.3 Å². The molecule has 3 aromatic rings. The molecule has 5 heteroatoms. The predicted molar refractivity (Wildman–Crippen MR) is 98.1 cm³/mol. The number of para-hydroxylation sites is 1. The number of hydrogen-bond donors (Lipinski definition) is 2. The number of hydrogen-bond acceptors (Lipinski definition) is 4. The van der Waals surface area contributed by atoms with E-state index in [0.29, 0.717) is 12.1 Å². The van der Waals surface area contributed by atoms with E-state index in [4.69, 9.17) is 0 Å². The molecule has 0 radical (unpaired) electrons. The van der Waals surface area contributed by atoms with Gasteiger partial charge in [-0.2, -0.15) is 0 Å². The van der Waals surface area contributed by atoms with Crippen molar-refractivity contribution in [3.63, 3.8) is 0 Å². The van der Waals surface area contributed by atoms with Gasteiger partial charge in [0.05, 0.1) is 11.6 Å². The van der Waals surface area contributed by atoms with E-state index in [1.807, 2.05) is 55.5 Å². The Morgan fingerprint density at radius 3 is 2.56 bits per heavy atom. The average Bonchev–Trinajstić information content (AvgIpc) is 2.68. The van der Waals surface area contributed by atoms with E-state index >= 15 is 0 Å². The number of rotatable bonds is 6. The number of nitrogens with zero attached hydrogens (tertiary/aromatic N) is 2. The lowest BCUT2D eigenvalue weighted by Gasteiger charge is -2.16. The molecule has 25 heavy (non-hydrogen) atoms. The van der Waals surface area contributed by atoms with Gasteiger partial charge in [0.25, 0.3) is 5.91 Å². The normalized spacial score (nSPS) is 11.6. The number of aromatic nitrogens is 2. The topological polar surface area (TPSA) is 66.9 Å². The van der Waals surface area contributed by atoms with Crippen LogP contribution in [0.15, 0.2) is 73.3 Å². The highest BCUT2D eigenvalue weighted by Crippen LogP contribution is 2.18. The first-order valence-electron chi connectivity index (χ1n) is 8.16. The molecule has 5 nitrogen and oxygen atoms in total. The molecule has 0 aliphatic heterocycles. The number of amides is 1. The van der Waals surface area contributed by atoms with Crippen LogP contribution in [-0.4, -0.2) is 15.9 Å². The second-order valence-corrected chi connectivity index (χ2v) is 5.74. The molecule has 0 aliphatic rings. The quantitative estimate of drug-likeness (QED) is 0.724. The number of carbonyl (C=O) groups excluding carboxylic acids is 1. The van der Waals surface area contributed by atoms with Gasteiger partial charge in [-0.1, -0.05) is 18.2 Å². The van der Waals surface area contributed by atoms with Gasteiger partial charge in [-0.05, 0) is 48.4 Å². The van der Waals surface area contributed by atoms with E-state index < -0.39 is 0 Å². The summed E-state index contributed by atoms with van der Waals surface area (Å²) in [6.07, 6.45) is 7.00. The van der Waals surface area contributed by atoms with Crippen molar-refractivity contribution in [2.45, 2.75) is 19.5 Å². The lowest BCUT2D eigenvalue weighted by Crippen LogP contribution is -2.27. The fraction of sp³-hybridized carbons (Fsp3) is 0.150. The van der Waals surface area contributed by atoms with Gasteiger partial charge in [-0.3, -0.25) is 14.8 Å². The standard InChI is InChI=1S/C20H20N4O/c1-15(17-8-11-21-12-9-17)24-20(25)18-6-2-3-7-19(18)23-14-16-5-4-10-22-13-16/h2-13,15,23H,14H2,1H3,(H,24,25). The fourth-order valence-electron chi connectivity index (χ4n) is 2.55. The van der Waals surface area contributed by atoms with Gasteiger partial charge in [-0.15, -0.1) is 0 Å². The van der Waals surface area contributed by atoms with Crippen LogP contribution < -0.4 is 10.6 Å². The number of nitrogens with one attached hydrogen (secondary N) is 2. The Kier molecular flexibility index (Phi) is 5.36. The summed E-state index contributed by atoms with van der Waals surface area (Å²) in [4.78, 5) is 20.8. The summed E-state index contributed by atoms with van der Waals surface area (Å²) in [5.74, 6) is -0.112. The Bertz CT molecular complexity index is 821. The van der Waals surface area contributed by atoms with E-state index in [2.05, 4.69) is 20.6 Å². The molecule has 0 aliphatic carbocycles. The molecule has 2 heterocycles. The highest BCUT2D eigenvalue weighted by atomic mass is 16.1. The first-order chi connectivity index (χ1) is 12.2. The molecule has 3 rings (SSSR count). The number of anilines is 1. The van der Waals surface area contributed by atoms with Crippen LogP contribution >= 0.6 is 0 Å². The Balaban J connectivity index is 1.70. The third-order valence-corrected chi connectivity index (χ3v) is 3.93. The van der Waals surface area contributed by atoms with Crippen LogP contribution in [-0.2, 0) is 6.54 Å². The Labute approximate surface area is 147 Å². The first kappa shape index (κ1) is 16.6. The van der Waals surface area contributed by atoms with Gasteiger partial charge < -0.3 is 10.6 Å². The van der Waals surface area contributed by atoms with Crippen LogP contribution in [0.1, 0.15) is 34.5 Å². The number of benzene rings is 1. The molecule has 0 saturated carbocycles. The lowest BCUT2D eigenvalue weighted by atomic mass is 10.1. The van der Waals surface area contributed by atoms with E-state index in [-0.39, 0.29) is 11.9 Å². The molecule has 0 fully saturated rings. The monoisotopic (exact) mass is 332 g/mol. The van der Waals surface area contributed by atoms with Crippen molar-refractivity contribution in [2.24, 2.45) is 0 Å². The summed E-state index contributed by atoms with van der Waals surface area (Å²) in [6, 6.07) is 15.1. The van der Waals surface area contributed by atoms with Gasteiger partial charge in [0.15, 0.2) is 0 Å². The lowest BCUT2D eigenvalue weighted by molar-refractivity contribution is 0.0940. The van der Waals surface area contributed by atoms with Crippen LogP contribution in [0.2, 0.25) is 0 Å². The summed E-state index contributed by atoms with van der Waals surface area (Å²) in [5, 5.41) is 6.34. The van der Waals surface area contributed by atoms with E-state index in [9.17, 15) is 4.79 Å². The van der Waals surface area contributed by atoms with Crippen LogP contribution in [0.25, 0.3) is 0 Å². The minimum absolute atomic E-state index is 0.0955. The summed E-state index contributed by atoms with van der Waals surface area (Å²) in [5.41, 5.74) is 3.49. The van der Waals surface area contributed by atoms with E-state index in [1.165, 1.54) is 0 Å². The zero-order chi connectivity index (χ0) is 17.5. The van der Waals surface area contributed by atoms with E-state index in [1.54, 1.807) is 24.8 Å². The molecule has 2 aromatic heterocycles. The largest absolute Gasteiger partial charge is 0.380 e. The minimum Gasteiger partial charge on any atom is -0.380 e. The molecule has 1 atom stereocenters. The van der Waals surface area contributed by atoms with Gasteiger partial charge >= 0.3 is 0 Å². The third-order valence-electron chi connectivity index (χ3n) is 3.93. The van der Waals surface area contributed by atoms with Crippen LogP contribution in [0.3, 0.4) is 0 Å². The Hall–Kier alpha value is -3.21. The predicted octanol–water partition coefficient (Wildman–Crippen LogP) is 3.58. The van der Waals surface area contributed by atoms with Gasteiger partial charge in [0.2, 0.25) is 0 Å². The average molecular weight is 332 g/mol. The van der Waals surface area contributed by atoms with Crippen LogP contribution in [0.5, 0.6) is 0 Å². The summed E-state index contributed by atoms with van der Waals surface area (Å²) in [6.45, 7) is 2.57. The maximum Gasteiger partial charge on any atom is 0.253 e. The third kappa shape index (κ3) is 4.41. The van der Waals surface area contributed by atoms with Crippen LogP contribution in [0, 0.1) is 0 Å². The second-order valence-electron chi connectivity index (χ2n) is 5.74.